The number of hydrogen-bond acceptors (Lipinski definition) is 6. The Hall–Kier alpha value is -1.93. The van der Waals surface area contributed by atoms with Crippen LogP contribution in [0.15, 0.2) is 29.2 Å². The van der Waals surface area contributed by atoms with Gasteiger partial charge in [-0.2, -0.15) is 0 Å². The van der Waals surface area contributed by atoms with Crippen molar-refractivity contribution in [2.75, 3.05) is 6.54 Å². The lowest BCUT2D eigenvalue weighted by Crippen LogP contribution is -2.37. The Kier molecular flexibility index (Phi) is 8.57. The van der Waals surface area contributed by atoms with Crippen LogP contribution < -0.4 is 5.32 Å². The van der Waals surface area contributed by atoms with Gasteiger partial charge in [0.25, 0.3) is 0 Å². The number of carboxylic acids is 1. The Morgan fingerprint density at radius 1 is 1.24 bits per heavy atom. The Morgan fingerprint density at radius 3 is 2.48 bits per heavy atom. The van der Waals surface area contributed by atoms with Gasteiger partial charge >= 0.3 is 18.0 Å². The number of esters is 1. The summed E-state index contributed by atoms with van der Waals surface area (Å²) >= 11 is 6.91. The van der Waals surface area contributed by atoms with Crippen molar-refractivity contribution in [2.45, 2.75) is 37.2 Å². The van der Waals surface area contributed by atoms with E-state index in [0.717, 1.165) is 11.8 Å². The molecule has 9 heteroatoms. The van der Waals surface area contributed by atoms with E-state index in [1.807, 2.05) is 0 Å². The minimum Gasteiger partial charge on any atom is -0.480 e. The molecular weight excluding hydrogens is 370 g/mol. The summed E-state index contributed by atoms with van der Waals surface area (Å²) in [6.45, 7) is 4.53. The van der Waals surface area contributed by atoms with Crippen LogP contribution in [0.3, 0.4) is 0 Å². The third-order valence-corrected chi connectivity index (χ3v) is 4.22. The molecule has 0 fully saturated rings. The quantitative estimate of drug-likeness (QED) is 0.400. The molecule has 0 aliphatic heterocycles. The molecular formula is C16H20ClNO6S. The zero-order valence-electron chi connectivity index (χ0n) is 14.0. The van der Waals surface area contributed by atoms with Gasteiger partial charge in [0.1, 0.15) is 5.25 Å². The van der Waals surface area contributed by atoms with E-state index in [1.165, 1.54) is 6.92 Å². The van der Waals surface area contributed by atoms with Crippen molar-refractivity contribution in [3.63, 3.8) is 0 Å². The van der Waals surface area contributed by atoms with E-state index in [1.54, 1.807) is 38.1 Å². The smallest absolute Gasteiger partial charge is 0.410 e. The maximum atomic E-state index is 11.7. The second kappa shape index (κ2) is 10.1. The van der Waals surface area contributed by atoms with Gasteiger partial charge in [-0.15, -0.1) is 11.8 Å². The fraction of sp³-hybridized carbons (Fsp3) is 0.438. The third-order valence-electron chi connectivity index (χ3n) is 2.81. The predicted octanol–water partition coefficient (Wildman–Crippen LogP) is 3.16. The summed E-state index contributed by atoms with van der Waals surface area (Å²) in [5.41, 5.74) is 0. The summed E-state index contributed by atoms with van der Waals surface area (Å²) in [5, 5.41) is 11.2. The molecule has 0 spiro atoms. The van der Waals surface area contributed by atoms with E-state index in [2.05, 4.69) is 5.32 Å². The summed E-state index contributed by atoms with van der Waals surface area (Å²) in [6.07, 6.45) is -1.94. The number of alkyl carbamates (subject to hydrolysis) is 1. The zero-order valence-corrected chi connectivity index (χ0v) is 15.6. The average Bonchev–Trinajstić information content (AvgIpc) is 2.50. The number of hydrogen-bond donors (Lipinski definition) is 2. The number of ether oxygens (including phenoxy) is 2. The molecule has 1 rings (SSSR count). The van der Waals surface area contributed by atoms with Crippen molar-refractivity contribution < 1.29 is 29.0 Å². The van der Waals surface area contributed by atoms with Gasteiger partial charge in [0.2, 0.25) is 6.29 Å². The monoisotopic (exact) mass is 389 g/mol. The van der Waals surface area contributed by atoms with E-state index in [-0.39, 0.29) is 12.5 Å². The second-order valence-electron chi connectivity index (χ2n) is 5.35. The van der Waals surface area contributed by atoms with Crippen LogP contribution in [-0.2, 0) is 19.1 Å². The number of amides is 1. The van der Waals surface area contributed by atoms with Gasteiger partial charge in [0, 0.05) is 23.4 Å². The number of halogens is 1. The van der Waals surface area contributed by atoms with Gasteiger partial charge in [-0.3, -0.25) is 9.59 Å². The minimum absolute atomic E-state index is 0.170. The van der Waals surface area contributed by atoms with Crippen LogP contribution in [-0.4, -0.2) is 41.2 Å². The first-order chi connectivity index (χ1) is 11.7. The standard InChI is InChI=1S/C16H20ClNO6S/c1-9(2)15(21)23-10(3)24-16(22)18-8-13(14(19)20)25-12-6-4-5-11(17)7-12/h4-7,9-10,13H,8H2,1-3H3,(H,18,22)(H,19,20)/t10-,13+/m1/s1. The highest BCUT2D eigenvalue weighted by Crippen LogP contribution is 2.25. The molecule has 7 nitrogen and oxygen atoms in total. The first kappa shape index (κ1) is 21.1. The van der Waals surface area contributed by atoms with Crippen LogP contribution in [0.5, 0.6) is 0 Å². The molecule has 138 valence electrons. The van der Waals surface area contributed by atoms with Crippen molar-refractivity contribution >= 4 is 41.4 Å². The van der Waals surface area contributed by atoms with Crippen LogP contribution in [0, 0.1) is 5.92 Å². The SMILES string of the molecule is CC(C)C(=O)O[C@@H](C)OC(=O)NC[C@H](Sc1cccc(Cl)c1)C(=O)O. The summed E-state index contributed by atoms with van der Waals surface area (Å²) in [4.78, 5) is 35.1. The van der Waals surface area contributed by atoms with Crippen molar-refractivity contribution in [2.24, 2.45) is 5.92 Å². The van der Waals surface area contributed by atoms with E-state index < -0.39 is 29.6 Å². The summed E-state index contributed by atoms with van der Waals surface area (Å²) in [5.74, 6) is -1.94. The molecule has 0 heterocycles. The first-order valence-electron chi connectivity index (χ1n) is 7.49. The number of carboxylic acid groups (broad SMARTS) is 1. The predicted molar refractivity (Wildman–Crippen MR) is 93.6 cm³/mol. The molecule has 0 aromatic heterocycles. The Bertz CT molecular complexity index is 624. The lowest BCUT2D eigenvalue weighted by molar-refractivity contribution is -0.168. The molecule has 0 unspecified atom stereocenters. The van der Waals surface area contributed by atoms with Crippen molar-refractivity contribution in [3.05, 3.63) is 29.3 Å². The molecule has 0 saturated carbocycles. The average molecular weight is 390 g/mol. The topological polar surface area (TPSA) is 102 Å². The summed E-state index contributed by atoms with van der Waals surface area (Å²) in [7, 11) is 0. The molecule has 25 heavy (non-hydrogen) atoms. The van der Waals surface area contributed by atoms with Gasteiger partial charge in [0.15, 0.2) is 0 Å². The van der Waals surface area contributed by atoms with Crippen LogP contribution >= 0.6 is 23.4 Å². The van der Waals surface area contributed by atoms with E-state index in [4.69, 9.17) is 21.1 Å². The minimum atomic E-state index is -1.09. The van der Waals surface area contributed by atoms with Crippen LogP contribution in [0.1, 0.15) is 20.8 Å². The van der Waals surface area contributed by atoms with Gasteiger partial charge in [-0.05, 0) is 18.2 Å². The fourth-order valence-electron chi connectivity index (χ4n) is 1.58. The maximum Gasteiger partial charge on any atom is 0.410 e. The van der Waals surface area contributed by atoms with Gasteiger partial charge in [0.05, 0.1) is 5.92 Å². The highest BCUT2D eigenvalue weighted by molar-refractivity contribution is 8.00. The fourth-order valence-corrected chi connectivity index (χ4v) is 2.78. The van der Waals surface area contributed by atoms with Gasteiger partial charge in [-0.25, -0.2) is 4.79 Å². The Morgan fingerprint density at radius 2 is 1.92 bits per heavy atom. The molecule has 0 aliphatic carbocycles. The molecule has 2 atom stereocenters. The number of rotatable bonds is 8. The maximum absolute atomic E-state index is 11.7. The molecule has 1 aromatic carbocycles. The summed E-state index contributed by atoms with van der Waals surface area (Å²) in [6, 6.07) is 6.74. The number of carbonyl (C=O) groups is 3. The lowest BCUT2D eigenvalue weighted by Gasteiger charge is -2.17. The van der Waals surface area contributed by atoms with Crippen molar-refractivity contribution in [3.8, 4) is 0 Å². The van der Waals surface area contributed by atoms with Crippen molar-refractivity contribution in [1.29, 1.82) is 0 Å². The zero-order chi connectivity index (χ0) is 19.0. The van der Waals surface area contributed by atoms with Crippen molar-refractivity contribution in [1.82, 2.24) is 5.32 Å². The highest BCUT2D eigenvalue weighted by atomic mass is 35.5. The number of benzene rings is 1. The van der Waals surface area contributed by atoms with E-state index in [0.29, 0.717) is 9.92 Å². The third kappa shape index (κ3) is 8.13. The number of thioether (sulfide) groups is 1. The largest absolute Gasteiger partial charge is 0.480 e. The van der Waals surface area contributed by atoms with Gasteiger partial charge < -0.3 is 19.9 Å². The molecule has 1 amide bonds. The Labute approximate surface area is 155 Å². The number of carbonyl (C=O) groups excluding carboxylic acids is 2. The number of nitrogens with one attached hydrogen (secondary N) is 1. The molecule has 0 radical (unpaired) electrons. The van der Waals surface area contributed by atoms with E-state index >= 15 is 0 Å². The van der Waals surface area contributed by atoms with Gasteiger partial charge in [-0.1, -0.05) is 31.5 Å². The lowest BCUT2D eigenvalue weighted by atomic mass is 10.2. The summed E-state index contributed by atoms with van der Waals surface area (Å²) < 4.78 is 9.74. The Balaban J connectivity index is 2.50. The van der Waals surface area contributed by atoms with Crippen LogP contribution in [0.25, 0.3) is 0 Å². The molecule has 0 bridgehead atoms. The molecule has 0 aliphatic rings. The van der Waals surface area contributed by atoms with Crippen LogP contribution in [0.2, 0.25) is 5.02 Å². The molecule has 0 saturated heterocycles. The molecule has 2 N–H and O–H groups in total. The second-order valence-corrected chi connectivity index (χ2v) is 7.06. The number of aliphatic carboxylic acids is 1. The normalized spacial score (nSPS) is 13.0. The molecule has 1 aromatic rings. The van der Waals surface area contributed by atoms with E-state index in [9.17, 15) is 19.5 Å². The van der Waals surface area contributed by atoms with Crippen LogP contribution in [0.4, 0.5) is 4.79 Å². The first-order valence-corrected chi connectivity index (χ1v) is 8.74. The highest BCUT2D eigenvalue weighted by Gasteiger charge is 2.22.